The standard InChI is InChI=1S/C17H20F3N3O.ClH/c1-4-23-10(2)5-15(11(23)3)16(24)22-14-7-12(9-21)6-13(8-14)17(18,19)20;/h5-8H,4,9,21H2,1-3H3,(H,22,24);1H. The van der Waals surface area contributed by atoms with E-state index in [1.807, 2.05) is 25.3 Å². The Hall–Kier alpha value is -1.99. The summed E-state index contributed by atoms with van der Waals surface area (Å²) in [4.78, 5) is 12.4. The second kappa shape index (κ2) is 7.93. The number of carbonyl (C=O) groups is 1. The lowest BCUT2D eigenvalue weighted by Gasteiger charge is -2.12. The van der Waals surface area contributed by atoms with Crippen LogP contribution in [0.3, 0.4) is 0 Å². The molecular weight excluding hydrogens is 355 g/mol. The SMILES string of the molecule is CCn1c(C)cc(C(=O)Nc2cc(CN)cc(C(F)(F)F)c2)c1C.Cl. The zero-order valence-corrected chi connectivity index (χ0v) is 15.0. The Morgan fingerprint density at radius 1 is 1.20 bits per heavy atom. The Balaban J connectivity index is 0.00000312. The summed E-state index contributed by atoms with van der Waals surface area (Å²) in [6, 6.07) is 5.08. The lowest BCUT2D eigenvalue weighted by atomic mass is 10.1. The van der Waals surface area contributed by atoms with Gasteiger partial charge in [-0.15, -0.1) is 12.4 Å². The first kappa shape index (κ1) is 21.1. The van der Waals surface area contributed by atoms with E-state index in [2.05, 4.69) is 5.32 Å². The lowest BCUT2D eigenvalue weighted by molar-refractivity contribution is -0.137. The van der Waals surface area contributed by atoms with Gasteiger partial charge in [-0.1, -0.05) is 0 Å². The summed E-state index contributed by atoms with van der Waals surface area (Å²) < 4.78 is 40.8. The van der Waals surface area contributed by atoms with E-state index in [0.717, 1.165) is 23.5 Å². The molecule has 1 aromatic carbocycles. The molecule has 2 aromatic rings. The van der Waals surface area contributed by atoms with Gasteiger partial charge in [-0.25, -0.2) is 0 Å². The van der Waals surface area contributed by atoms with E-state index in [1.54, 1.807) is 6.07 Å². The number of hydrogen-bond acceptors (Lipinski definition) is 2. The first-order chi connectivity index (χ1) is 11.2. The predicted molar refractivity (Wildman–Crippen MR) is 94.1 cm³/mol. The van der Waals surface area contributed by atoms with Gasteiger partial charge in [-0.05, 0) is 50.6 Å². The average molecular weight is 376 g/mol. The molecule has 1 heterocycles. The van der Waals surface area contributed by atoms with Crippen LogP contribution < -0.4 is 11.1 Å². The highest BCUT2D eigenvalue weighted by atomic mass is 35.5. The van der Waals surface area contributed by atoms with E-state index in [-0.39, 0.29) is 24.6 Å². The number of anilines is 1. The molecule has 0 fully saturated rings. The number of benzene rings is 1. The van der Waals surface area contributed by atoms with Crippen molar-refractivity contribution in [3.8, 4) is 0 Å². The third-order valence-corrected chi connectivity index (χ3v) is 3.95. The largest absolute Gasteiger partial charge is 0.416 e. The highest BCUT2D eigenvalue weighted by Gasteiger charge is 2.31. The van der Waals surface area contributed by atoms with Crippen LogP contribution in [0.2, 0.25) is 0 Å². The Morgan fingerprint density at radius 3 is 2.32 bits per heavy atom. The van der Waals surface area contributed by atoms with Crippen molar-refractivity contribution in [2.24, 2.45) is 5.73 Å². The highest BCUT2D eigenvalue weighted by Crippen LogP contribution is 2.32. The van der Waals surface area contributed by atoms with Gasteiger partial charge < -0.3 is 15.6 Å². The van der Waals surface area contributed by atoms with Crippen molar-refractivity contribution in [3.63, 3.8) is 0 Å². The van der Waals surface area contributed by atoms with Crippen molar-refractivity contribution < 1.29 is 18.0 Å². The molecule has 0 unspecified atom stereocenters. The van der Waals surface area contributed by atoms with E-state index in [9.17, 15) is 18.0 Å². The molecule has 2 rings (SSSR count). The van der Waals surface area contributed by atoms with Crippen molar-refractivity contribution in [1.29, 1.82) is 0 Å². The average Bonchev–Trinajstić information content (AvgIpc) is 2.80. The monoisotopic (exact) mass is 375 g/mol. The Bertz CT molecular complexity index is 769. The van der Waals surface area contributed by atoms with Crippen LogP contribution in [-0.4, -0.2) is 10.5 Å². The Labute approximate surface area is 150 Å². The van der Waals surface area contributed by atoms with Crippen LogP contribution in [0.4, 0.5) is 18.9 Å². The number of hydrogen-bond donors (Lipinski definition) is 2. The molecule has 0 aliphatic carbocycles. The number of aryl methyl sites for hydroxylation is 1. The number of nitrogens with two attached hydrogens (primary N) is 1. The number of amides is 1. The molecule has 0 radical (unpaired) electrons. The first-order valence-electron chi connectivity index (χ1n) is 7.56. The van der Waals surface area contributed by atoms with Gasteiger partial charge >= 0.3 is 6.18 Å². The molecule has 8 heteroatoms. The van der Waals surface area contributed by atoms with Crippen LogP contribution >= 0.6 is 12.4 Å². The Morgan fingerprint density at radius 2 is 1.84 bits per heavy atom. The number of alkyl halides is 3. The smallest absolute Gasteiger partial charge is 0.349 e. The molecule has 0 saturated carbocycles. The van der Waals surface area contributed by atoms with Crippen LogP contribution in [0, 0.1) is 13.8 Å². The number of halogens is 4. The lowest BCUT2D eigenvalue weighted by Crippen LogP contribution is -2.15. The summed E-state index contributed by atoms with van der Waals surface area (Å²) in [5.74, 6) is -0.440. The number of carbonyl (C=O) groups excluding carboxylic acids is 1. The van der Waals surface area contributed by atoms with Crippen LogP contribution in [0.1, 0.15) is 39.8 Å². The van der Waals surface area contributed by atoms with Gasteiger partial charge in [0.05, 0.1) is 11.1 Å². The second-order valence-corrected chi connectivity index (χ2v) is 5.60. The van der Waals surface area contributed by atoms with Gasteiger partial charge in [0, 0.05) is 30.2 Å². The summed E-state index contributed by atoms with van der Waals surface area (Å²) in [5.41, 5.74) is 7.15. The van der Waals surface area contributed by atoms with Gasteiger partial charge in [-0.3, -0.25) is 4.79 Å². The molecule has 1 aromatic heterocycles. The number of rotatable bonds is 4. The molecule has 0 atom stereocenters. The van der Waals surface area contributed by atoms with Crippen molar-refractivity contribution in [2.75, 3.05) is 5.32 Å². The van der Waals surface area contributed by atoms with Gasteiger partial charge in [0.15, 0.2) is 0 Å². The fourth-order valence-electron chi connectivity index (χ4n) is 2.76. The number of nitrogens with one attached hydrogen (secondary N) is 1. The van der Waals surface area contributed by atoms with Crippen molar-refractivity contribution in [1.82, 2.24) is 4.57 Å². The predicted octanol–water partition coefficient (Wildman–Crippen LogP) is 4.28. The van der Waals surface area contributed by atoms with Crippen LogP contribution in [0.15, 0.2) is 24.3 Å². The van der Waals surface area contributed by atoms with Gasteiger partial charge in [0.25, 0.3) is 5.91 Å². The van der Waals surface area contributed by atoms with Crippen molar-refractivity contribution in [2.45, 2.75) is 40.0 Å². The third kappa shape index (κ3) is 4.55. The first-order valence-corrected chi connectivity index (χ1v) is 7.56. The molecule has 0 aliphatic heterocycles. The summed E-state index contributed by atoms with van der Waals surface area (Å²) >= 11 is 0. The van der Waals surface area contributed by atoms with Crippen molar-refractivity contribution >= 4 is 24.0 Å². The molecule has 0 saturated heterocycles. The van der Waals surface area contributed by atoms with E-state index in [0.29, 0.717) is 17.7 Å². The fourth-order valence-corrected chi connectivity index (χ4v) is 2.76. The molecule has 4 nitrogen and oxygen atoms in total. The Kier molecular flexibility index (Phi) is 6.68. The zero-order chi connectivity index (χ0) is 18.1. The van der Waals surface area contributed by atoms with E-state index < -0.39 is 17.6 Å². The van der Waals surface area contributed by atoms with E-state index in [1.165, 1.54) is 6.07 Å². The maximum Gasteiger partial charge on any atom is 0.416 e. The van der Waals surface area contributed by atoms with Crippen LogP contribution in [0.5, 0.6) is 0 Å². The maximum absolute atomic E-state index is 13.0. The van der Waals surface area contributed by atoms with Crippen LogP contribution in [0.25, 0.3) is 0 Å². The summed E-state index contributed by atoms with van der Waals surface area (Å²) in [6.45, 7) is 6.32. The molecule has 0 spiro atoms. The molecule has 0 bridgehead atoms. The minimum atomic E-state index is -4.50. The molecule has 0 aliphatic rings. The number of aromatic nitrogens is 1. The molecule has 3 N–H and O–H groups in total. The van der Waals surface area contributed by atoms with Crippen LogP contribution in [-0.2, 0) is 19.3 Å². The van der Waals surface area contributed by atoms with Gasteiger partial charge in [0.1, 0.15) is 0 Å². The van der Waals surface area contributed by atoms with Crippen molar-refractivity contribution in [3.05, 3.63) is 52.3 Å². The summed E-state index contributed by atoms with van der Waals surface area (Å²) in [5, 5.41) is 2.54. The van der Waals surface area contributed by atoms with E-state index in [4.69, 9.17) is 5.73 Å². The summed E-state index contributed by atoms with van der Waals surface area (Å²) in [7, 11) is 0. The zero-order valence-electron chi connectivity index (χ0n) is 14.2. The molecule has 138 valence electrons. The topological polar surface area (TPSA) is 60.0 Å². The third-order valence-electron chi connectivity index (χ3n) is 3.95. The fraction of sp³-hybridized carbons (Fsp3) is 0.353. The summed E-state index contributed by atoms with van der Waals surface area (Å²) in [6.07, 6.45) is -4.50. The second-order valence-electron chi connectivity index (χ2n) is 5.60. The van der Waals surface area contributed by atoms with Gasteiger partial charge in [-0.2, -0.15) is 13.2 Å². The molecule has 1 amide bonds. The van der Waals surface area contributed by atoms with E-state index >= 15 is 0 Å². The highest BCUT2D eigenvalue weighted by molar-refractivity contribution is 6.05. The molecular formula is C17H21ClF3N3O. The minimum Gasteiger partial charge on any atom is -0.349 e. The number of nitrogens with zero attached hydrogens (tertiary/aromatic N) is 1. The quantitative estimate of drug-likeness (QED) is 0.838. The minimum absolute atomic E-state index is 0. The molecule has 25 heavy (non-hydrogen) atoms. The normalized spacial score (nSPS) is 11.2. The maximum atomic E-state index is 13.0. The van der Waals surface area contributed by atoms with Gasteiger partial charge in [0.2, 0.25) is 0 Å².